The number of nitrogens with zero attached hydrogens (tertiary/aromatic N) is 1. The fraction of sp³-hybridized carbons (Fsp3) is 0.281. The summed E-state index contributed by atoms with van der Waals surface area (Å²) in [6.45, 7) is 5.28. The molecule has 1 aliphatic heterocycles. The molecule has 0 amide bonds. The van der Waals surface area contributed by atoms with Crippen molar-refractivity contribution in [2.24, 2.45) is 0 Å². The van der Waals surface area contributed by atoms with E-state index < -0.39 is 5.97 Å². The summed E-state index contributed by atoms with van der Waals surface area (Å²) in [6.07, 6.45) is 4.61. The number of hydrogen-bond acceptors (Lipinski definition) is 5. The molecule has 0 saturated carbocycles. The van der Waals surface area contributed by atoms with E-state index in [2.05, 4.69) is 51.8 Å². The van der Waals surface area contributed by atoms with E-state index in [1.807, 2.05) is 43.3 Å². The summed E-state index contributed by atoms with van der Waals surface area (Å²) in [5.41, 5.74) is 5.05. The van der Waals surface area contributed by atoms with Crippen molar-refractivity contribution in [2.45, 2.75) is 19.8 Å². The van der Waals surface area contributed by atoms with Gasteiger partial charge in [0, 0.05) is 10.6 Å². The second kappa shape index (κ2) is 13.7. The molecule has 1 heterocycles. The second-order valence-corrected chi connectivity index (χ2v) is 9.53. The minimum absolute atomic E-state index is 0.131. The fourth-order valence-corrected chi connectivity index (χ4v) is 4.38. The Kier molecular flexibility index (Phi) is 9.86. The summed E-state index contributed by atoms with van der Waals surface area (Å²) >= 11 is 6.14. The van der Waals surface area contributed by atoms with Gasteiger partial charge in [-0.25, -0.2) is 4.79 Å². The van der Waals surface area contributed by atoms with Crippen molar-refractivity contribution in [1.82, 2.24) is 4.90 Å². The number of esters is 1. The number of benzene rings is 3. The van der Waals surface area contributed by atoms with Crippen LogP contribution in [0.3, 0.4) is 0 Å². The van der Waals surface area contributed by atoms with Gasteiger partial charge in [0.05, 0.1) is 13.7 Å². The van der Waals surface area contributed by atoms with Crippen LogP contribution in [0.1, 0.15) is 35.1 Å². The first-order valence-electron chi connectivity index (χ1n) is 12.7. The van der Waals surface area contributed by atoms with E-state index in [-0.39, 0.29) is 6.61 Å². The van der Waals surface area contributed by atoms with Crippen molar-refractivity contribution in [3.8, 4) is 23.3 Å². The zero-order chi connectivity index (χ0) is 26.7. The molecule has 0 bridgehead atoms. The van der Waals surface area contributed by atoms with Crippen LogP contribution in [0.25, 0.3) is 5.57 Å². The van der Waals surface area contributed by atoms with Crippen molar-refractivity contribution < 1.29 is 19.0 Å². The summed E-state index contributed by atoms with van der Waals surface area (Å²) < 4.78 is 16.2. The molecule has 3 aromatic rings. The van der Waals surface area contributed by atoms with Crippen LogP contribution in [0.4, 0.5) is 0 Å². The van der Waals surface area contributed by atoms with E-state index in [1.165, 1.54) is 20.0 Å². The Morgan fingerprint density at radius 1 is 0.974 bits per heavy atom. The predicted molar refractivity (Wildman–Crippen MR) is 152 cm³/mol. The van der Waals surface area contributed by atoms with Crippen molar-refractivity contribution in [3.63, 3.8) is 0 Å². The molecule has 0 atom stereocenters. The van der Waals surface area contributed by atoms with E-state index in [9.17, 15) is 4.79 Å². The van der Waals surface area contributed by atoms with Crippen molar-refractivity contribution in [1.29, 1.82) is 0 Å². The molecule has 3 aromatic carbocycles. The van der Waals surface area contributed by atoms with Gasteiger partial charge >= 0.3 is 5.97 Å². The summed E-state index contributed by atoms with van der Waals surface area (Å²) in [4.78, 5) is 13.7. The van der Waals surface area contributed by atoms with Gasteiger partial charge in [-0.1, -0.05) is 47.7 Å². The monoisotopic (exact) mass is 529 g/mol. The summed E-state index contributed by atoms with van der Waals surface area (Å²) in [5, 5.41) is 0.693. The lowest BCUT2D eigenvalue weighted by molar-refractivity contribution is -0.142. The quantitative estimate of drug-likeness (QED) is 0.245. The number of aryl methyl sites for hydroxylation is 1. The highest BCUT2D eigenvalue weighted by Crippen LogP contribution is 2.27. The molecule has 6 heteroatoms. The van der Waals surface area contributed by atoms with Gasteiger partial charge < -0.3 is 14.2 Å². The summed E-state index contributed by atoms with van der Waals surface area (Å²) in [7, 11) is 1.33. The molecule has 4 rings (SSSR count). The van der Waals surface area contributed by atoms with E-state index in [4.69, 9.17) is 21.1 Å². The number of carbonyl (C=O) groups excluding carboxylic acids is 1. The van der Waals surface area contributed by atoms with Gasteiger partial charge in [0.1, 0.15) is 18.1 Å². The highest BCUT2D eigenvalue weighted by Gasteiger charge is 2.10. The van der Waals surface area contributed by atoms with Crippen LogP contribution in [0.15, 0.2) is 72.8 Å². The molecule has 0 unspecified atom stereocenters. The lowest BCUT2D eigenvalue weighted by Crippen LogP contribution is -2.18. The standard InChI is InChI=1S/C32H32ClNO4/c1-24-22-29(15-16-31(24)38-23-32(35)36-2)37-21-17-30(27-11-13-28(33)14-12-27)26-9-7-25(8-10-26)6-5-20-34-18-3-4-19-34/h7-17,22H,3-4,18-21,23H2,1-2H3/b30-17+. The molecule has 0 spiro atoms. The number of rotatable bonds is 9. The SMILES string of the molecule is COC(=O)COc1ccc(OC/C=C(/c2ccc(Cl)cc2)c2ccc(C#CCN3CCCC3)cc2)cc1C. The molecule has 5 nitrogen and oxygen atoms in total. The third-order valence-corrected chi connectivity index (χ3v) is 6.59. The van der Waals surface area contributed by atoms with Crippen LogP contribution in [0.2, 0.25) is 5.02 Å². The normalized spacial score (nSPS) is 13.5. The van der Waals surface area contributed by atoms with Crippen molar-refractivity contribution in [2.75, 3.05) is 40.0 Å². The van der Waals surface area contributed by atoms with E-state index in [0.717, 1.165) is 47.5 Å². The third kappa shape index (κ3) is 7.89. The smallest absolute Gasteiger partial charge is 0.343 e. The maximum Gasteiger partial charge on any atom is 0.343 e. The number of ether oxygens (including phenoxy) is 3. The van der Waals surface area contributed by atoms with Gasteiger partial charge in [-0.05, 0) is 104 Å². The lowest BCUT2D eigenvalue weighted by atomic mass is 9.97. The van der Waals surface area contributed by atoms with Gasteiger partial charge in [0.15, 0.2) is 6.61 Å². The Bertz CT molecular complexity index is 1310. The van der Waals surface area contributed by atoms with Gasteiger partial charge in [0.25, 0.3) is 0 Å². The highest BCUT2D eigenvalue weighted by molar-refractivity contribution is 6.30. The first-order chi connectivity index (χ1) is 18.5. The van der Waals surface area contributed by atoms with E-state index in [0.29, 0.717) is 23.1 Å². The largest absolute Gasteiger partial charge is 0.489 e. The molecular formula is C32H32ClNO4. The average molecular weight is 530 g/mol. The molecule has 1 saturated heterocycles. The number of likely N-dealkylation sites (tertiary alicyclic amines) is 1. The topological polar surface area (TPSA) is 48.0 Å². The lowest BCUT2D eigenvalue weighted by Gasteiger charge is -2.12. The molecule has 0 N–H and O–H groups in total. The van der Waals surface area contributed by atoms with Gasteiger partial charge in [0.2, 0.25) is 0 Å². The molecule has 0 aliphatic carbocycles. The van der Waals surface area contributed by atoms with Crippen LogP contribution in [-0.4, -0.2) is 50.8 Å². The first kappa shape index (κ1) is 27.3. The van der Waals surface area contributed by atoms with Crippen molar-refractivity contribution in [3.05, 3.63) is 100 Å². The van der Waals surface area contributed by atoms with Crippen LogP contribution in [0, 0.1) is 18.8 Å². The van der Waals surface area contributed by atoms with Crippen LogP contribution in [-0.2, 0) is 9.53 Å². The van der Waals surface area contributed by atoms with Crippen molar-refractivity contribution >= 4 is 23.1 Å². The Balaban J connectivity index is 1.46. The van der Waals surface area contributed by atoms with E-state index in [1.54, 1.807) is 6.07 Å². The van der Waals surface area contributed by atoms with E-state index >= 15 is 0 Å². The number of methoxy groups -OCH3 is 1. The van der Waals surface area contributed by atoms with Crippen LogP contribution >= 0.6 is 11.6 Å². The second-order valence-electron chi connectivity index (χ2n) is 9.09. The summed E-state index contributed by atoms with van der Waals surface area (Å²) in [5.74, 6) is 7.49. The predicted octanol–water partition coefficient (Wildman–Crippen LogP) is 6.16. The zero-order valence-electron chi connectivity index (χ0n) is 21.8. The molecule has 0 radical (unpaired) electrons. The first-order valence-corrected chi connectivity index (χ1v) is 13.1. The van der Waals surface area contributed by atoms with Gasteiger partial charge in [-0.3, -0.25) is 4.90 Å². The maximum absolute atomic E-state index is 11.3. The van der Waals surface area contributed by atoms with Gasteiger partial charge in [-0.2, -0.15) is 0 Å². The summed E-state index contributed by atoms with van der Waals surface area (Å²) in [6, 6.07) is 21.6. The Morgan fingerprint density at radius 3 is 2.32 bits per heavy atom. The third-order valence-electron chi connectivity index (χ3n) is 6.34. The number of carbonyl (C=O) groups is 1. The minimum atomic E-state index is -0.424. The highest BCUT2D eigenvalue weighted by atomic mass is 35.5. The fourth-order valence-electron chi connectivity index (χ4n) is 4.25. The molecule has 0 aromatic heterocycles. The minimum Gasteiger partial charge on any atom is -0.489 e. The Labute approximate surface area is 230 Å². The molecule has 196 valence electrons. The molecule has 1 aliphatic rings. The maximum atomic E-state index is 11.3. The zero-order valence-corrected chi connectivity index (χ0v) is 22.6. The van der Waals surface area contributed by atoms with Gasteiger partial charge in [-0.15, -0.1) is 0 Å². The Morgan fingerprint density at radius 2 is 1.66 bits per heavy atom. The molecular weight excluding hydrogens is 498 g/mol. The van der Waals surface area contributed by atoms with Crippen LogP contribution < -0.4 is 9.47 Å². The number of hydrogen-bond donors (Lipinski definition) is 0. The van der Waals surface area contributed by atoms with Crippen LogP contribution in [0.5, 0.6) is 11.5 Å². The molecule has 1 fully saturated rings. The average Bonchev–Trinajstić information content (AvgIpc) is 3.45. The number of halogens is 1. The molecule has 38 heavy (non-hydrogen) atoms. The Hall–Kier alpha value is -3.72.